The van der Waals surface area contributed by atoms with Crippen LogP contribution >= 0.6 is 11.6 Å². The predicted molar refractivity (Wildman–Crippen MR) is 179 cm³/mol. The molecule has 0 bridgehead atoms. The fraction of sp³-hybridized carbons (Fsp3) is 0.389. The van der Waals surface area contributed by atoms with Crippen LogP contribution in [0.25, 0.3) is 10.9 Å². The number of nitrogens with zero attached hydrogens (tertiary/aromatic N) is 3. The molecule has 9 heteroatoms. The maximum Gasteiger partial charge on any atom is 0.318 e. The van der Waals surface area contributed by atoms with Crippen molar-refractivity contribution in [2.24, 2.45) is 5.92 Å². The van der Waals surface area contributed by atoms with Crippen LogP contribution in [-0.4, -0.2) is 73.0 Å². The zero-order valence-electron chi connectivity index (χ0n) is 26.1. The number of benzene rings is 3. The minimum absolute atomic E-state index is 0.136. The van der Waals surface area contributed by atoms with E-state index in [1.54, 1.807) is 17.0 Å². The zero-order chi connectivity index (χ0) is 31.7. The minimum atomic E-state index is -0.806. The molecule has 2 aliphatic heterocycles. The van der Waals surface area contributed by atoms with Gasteiger partial charge in [0.1, 0.15) is 11.9 Å². The van der Waals surface area contributed by atoms with Crippen LogP contribution in [-0.2, 0) is 11.2 Å². The van der Waals surface area contributed by atoms with E-state index in [4.69, 9.17) is 11.6 Å². The van der Waals surface area contributed by atoms with E-state index in [1.165, 1.54) is 6.07 Å². The third-order valence-electron chi connectivity index (χ3n) is 9.43. The molecule has 3 atom stereocenters. The first-order chi connectivity index (χ1) is 21.7. The van der Waals surface area contributed by atoms with Gasteiger partial charge in [-0.3, -0.25) is 4.79 Å². The SMILES string of the molecule is CC(c1c[nH]c2ccccc12)C(NC(=O)N1CCC(c2cccc(F)c2)CC1)C(=O)N1C[C@@H](CN(C)C)Cc2cc(Cl)ccc21. The van der Waals surface area contributed by atoms with Gasteiger partial charge >= 0.3 is 6.03 Å². The van der Waals surface area contributed by atoms with Crippen molar-refractivity contribution in [2.45, 2.75) is 44.1 Å². The van der Waals surface area contributed by atoms with Crippen molar-refractivity contribution < 1.29 is 14.0 Å². The highest BCUT2D eigenvalue weighted by atomic mass is 35.5. The number of anilines is 1. The maximum absolute atomic E-state index is 14.7. The Kier molecular flexibility index (Phi) is 9.15. The van der Waals surface area contributed by atoms with Crippen molar-refractivity contribution in [3.63, 3.8) is 0 Å². The summed E-state index contributed by atoms with van der Waals surface area (Å²) in [5.41, 5.74) is 4.82. The van der Waals surface area contributed by atoms with E-state index in [9.17, 15) is 14.0 Å². The normalized spacial score (nSPS) is 18.6. The molecule has 1 saturated heterocycles. The average molecular weight is 630 g/mol. The number of aromatic amines is 1. The number of hydrogen-bond acceptors (Lipinski definition) is 3. The maximum atomic E-state index is 14.7. The van der Waals surface area contributed by atoms with Crippen LogP contribution in [0.3, 0.4) is 0 Å². The number of para-hydroxylation sites is 1. The molecule has 0 radical (unpaired) electrons. The zero-order valence-corrected chi connectivity index (χ0v) is 26.9. The molecule has 3 heterocycles. The standard InChI is InChI=1S/C36H41ClFN5O2/c1-23(31-20-39-32-10-5-4-9-30(31)32)34(40-36(45)42-15-13-25(14-16-42)26-7-6-8-29(38)19-26)35(44)43-22-24(21-41(2)3)17-27-18-28(37)11-12-33(27)43/h4-12,18-20,23-25,34,39H,13-17,21-22H2,1-3H3,(H,40,45)/t23?,24-,34?/m1/s1. The van der Waals surface area contributed by atoms with Gasteiger partial charge in [0.2, 0.25) is 5.91 Å². The molecule has 7 nitrogen and oxygen atoms in total. The van der Waals surface area contributed by atoms with Crippen molar-refractivity contribution in [3.05, 3.63) is 100 Å². The summed E-state index contributed by atoms with van der Waals surface area (Å²) < 4.78 is 13.9. The van der Waals surface area contributed by atoms with Gasteiger partial charge in [0.25, 0.3) is 0 Å². The van der Waals surface area contributed by atoms with Crippen LogP contribution < -0.4 is 10.2 Å². The van der Waals surface area contributed by atoms with Crippen LogP contribution in [0.2, 0.25) is 5.02 Å². The lowest BCUT2D eigenvalue weighted by molar-refractivity contribution is -0.121. The number of H-pyrrole nitrogens is 1. The van der Waals surface area contributed by atoms with Crippen LogP contribution in [0.1, 0.15) is 48.3 Å². The van der Waals surface area contributed by atoms with E-state index < -0.39 is 6.04 Å². The number of urea groups is 1. The molecule has 0 spiro atoms. The highest BCUT2D eigenvalue weighted by molar-refractivity contribution is 6.30. The molecule has 4 aromatic rings. The second-order valence-electron chi connectivity index (χ2n) is 12.9. The van der Waals surface area contributed by atoms with Crippen molar-refractivity contribution in [1.29, 1.82) is 0 Å². The highest BCUT2D eigenvalue weighted by Gasteiger charge is 2.38. The van der Waals surface area contributed by atoms with E-state index in [0.29, 0.717) is 24.7 Å². The first-order valence-corrected chi connectivity index (χ1v) is 16.2. The molecule has 6 rings (SSSR count). The second-order valence-corrected chi connectivity index (χ2v) is 13.3. The smallest absolute Gasteiger partial charge is 0.318 e. The van der Waals surface area contributed by atoms with Gasteiger partial charge in [-0.15, -0.1) is 0 Å². The predicted octanol–water partition coefficient (Wildman–Crippen LogP) is 6.79. The Morgan fingerprint density at radius 3 is 2.60 bits per heavy atom. The number of rotatable bonds is 7. The number of hydrogen-bond donors (Lipinski definition) is 2. The summed E-state index contributed by atoms with van der Waals surface area (Å²) in [5, 5.41) is 4.86. The van der Waals surface area contributed by atoms with Crippen LogP contribution in [0, 0.1) is 11.7 Å². The molecule has 2 aliphatic rings. The number of carbonyl (C=O) groups excluding carboxylic acids is 2. The number of amides is 3. The minimum Gasteiger partial charge on any atom is -0.361 e. The molecule has 2 unspecified atom stereocenters. The van der Waals surface area contributed by atoms with E-state index in [2.05, 4.69) is 15.2 Å². The molecular weight excluding hydrogens is 589 g/mol. The first kappa shape index (κ1) is 31.1. The van der Waals surface area contributed by atoms with Crippen molar-refractivity contribution in [3.8, 4) is 0 Å². The Morgan fingerprint density at radius 1 is 1.07 bits per heavy atom. The number of piperidine rings is 1. The fourth-order valence-electron chi connectivity index (χ4n) is 7.18. The van der Waals surface area contributed by atoms with Crippen LogP contribution in [0.15, 0.2) is 72.9 Å². The van der Waals surface area contributed by atoms with Gasteiger partial charge in [0, 0.05) is 59.9 Å². The van der Waals surface area contributed by atoms with Gasteiger partial charge in [0.15, 0.2) is 0 Å². The lowest BCUT2D eigenvalue weighted by Crippen LogP contribution is -2.57. The summed E-state index contributed by atoms with van der Waals surface area (Å²) >= 11 is 6.41. The first-order valence-electron chi connectivity index (χ1n) is 15.8. The van der Waals surface area contributed by atoms with Gasteiger partial charge in [0.05, 0.1) is 0 Å². The molecule has 2 N–H and O–H groups in total. The van der Waals surface area contributed by atoms with Crippen LogP contribution in [0.5, 0.6) is 0 Å². The van der Waals surface area contributed by atoms with Crippen molar-refractivity contribution in [2.75, 3.05) is 45.2 Å². The molecule has 45 heavy (non-hydrogen) atoms. The Balaban J connectivity index is 1.28. The Hall–Kier alpha value is -3.88. The second kappa shape index (κ2) is 13.2. The quantitative estimate of drug-likeness (QED) is 0.237. The van der Waals surface area contributed by atoms with Crippen LogP contribution in [0.4, 0.5) is 14.9 Å². The molecule has 1 fully saturated rings. The number of nitrogens with one attached hydrogen (secondary N) is 2. The molecule has 0 saturated carbocycles. The largest absolute Gasteiger partial charge is 0.361 e. The Bertz CT molecular complexity index is 1680. The Morgan fingerprint density at radius 2 is 1.84 bits per heavy atom. The van der Waals surface area contributed by atoms with E-state index >= 15 is 0 Å². The lowest BCUT2D eigenvalue weighted by Gasteiger charge is -2.39. The van der Waals surface area contributed by atoms with E-state index in [-0.39, 0.29) is 35.5 Å². The fourth-order valence-corrected chi connectivity index (χ4v) is 7.37. The van der Waals surface area contributed by atoms with Gasteiger partial charge in [-0.2, -0.15) is 0 Å². The Labute approximate surface area is 269 Å². The summed E-state index contributed by atoms with van der Waals surface area (Å²) in [4.78, 5) is 37.7. The summed E-state index contributed by atoms with van der Waals surface area (Å²) in [6, 6.07) is 19.4. The third-order valence-corrected chi connectivity index (χ3v) is 9.67. The third kappa shape index (κ3) is 6.72. The monoisotopic (exact) mass is 629 g/mol. The number of halogens is 2. The van der Waals surface area contributed by atoms with Crippen molar-refractivity contribution in [1.82, 2.24) is 20.1 Å². The molecule has 1 aromatic heterocycles. The number of fused-ring (bicyclic) bond motifs is 2. The molecular formula is C36H41ClFN5O2. The van der Waals surface area contributed by atoms with Gasteiger partial charge in [-0.1, -0.05) is 48.9 Å². The van der Waals surface area contributed by atoms with E-state index in [1.807, 2.05) is 80.6 Å². The van der Waals surface area contributed by atoms with E-state index in [0.717, 1.165) is 59.1 Å². The average Bonchev–Trinajstić information content (AvgIpc) is 3.46. The number of carbonyl (C=O) groups is 2. The topological polar surface area (TPSA) is 71.7 Å². The van der Waals surface area contributed by atoms with Gasteiger partial charge < -0.3 is 25.0 Å². The summed E-state index contributed by atoms with van der Waals surface area (Å²) in [5.74, 6) is -0.279. The molecule has 0 aliphatic carbocycles. The highest BCUT2D eigenvalue weighted by Crippen LogP contribution is 2.36. The number of aromatic nitrogens is 1. The molecule has 236 valence electrons. The van der Waals surface area contributed by atoms with Gasteiger partial charge in [-0.25, -0.2) is 9.18 Å². The summed E-state index contributed by atoms with van der Waals surface area (Å²) in [6.45, 7) is 4.46. The summed E-state index contributed by atoms with van der Waals surface area (Å²) in [7, 11) is 4.08. The van der Waals surface area contributed by atoms with Crippen molar-refractivity contribution >= 4 is 40.1 Å². The lowest BCUT2D eigenvalue weighted by atomic mass is 9.88. The summed E-state index contributed by atoms with van der Waals surface area (Å²) in [6.07, 6.45) is 4.25. The number of likely N-dealkylation sites (tertiary alicyclic amines) is 1. The molecule has 3 amide bonds. The van der Waals surface area contributed by atoms with Gasteiger partial charge in [-0.05, 0) is 98.3 Å². The molecule has 3 aromatic carbocycles.